The summed E-state index contributed by atoms with van der Waals surface area (Å²) in [5.74, 6) is -0.674. The maximum atomic E-state index is 12.0. The van der Waals surface area contributed by atoms with Crippen molar-refractivity contribution >= 4 is 119 Å². The van der Waals surface area contributed by atoms with Crippen molar-refractivity contribution in [2.45, 2.75) is 26.2 Å². The van der Waals surface area contributed by atoms with Gasteiger partial charge in [-0.2, -0.15) is 0 Å². The number of benzene rings is 14. The van der Waals surface area contributed by atoms with E-state index in [9.17, 15) is 21.9 Å². The fourth-order valence-electron chi connectivity index (χ4n) is 15.3. The second-order valence-corrected chi connectivity index (χ2v) is 25.6. The SMILES string of the molecule is [2H]c1c([2H])c2c3c(c1[2H])Oc1c4c(c([2H])c5c1B1c6c(cc(C(C)(C)C)cc6N5c5c(-c6ccccc6)cccc5-c5ccccc5)N(c5c(-c6ccccc6)cccc5-c5ccccc5)c5c([2H])c(-n6c7c([2H])c([2H])c([2H])c([2H])c7c7c([2H])c([2H])c([2H])c([2H])c76)c([2H])c([2H])c51)N(c1ccccc1)c1c([2H])c([2H])c([2H])c(c1B34)O2. The summed E-state index contributed by atoms with van der Waals surface area (Å²) in [7, 11) is 0. The average molecular weight is 1250 g/mol. The molecular formula is C88H60B2N4O2. The Balaban J connectivity index is 1.06. The quantitative estimate of drug-likeness (QED) is 0.142. The molecule has 0 atom stereocenters. The van der Waals surface area contributed by atoms with Gasteiger partial charge >= 0.3 is 0 Å². The van der Waals surface area contributed by atoms with Crippen LogP contribution in [0.4, 0.5) is 51.2 Å². The predicted octanol–water partition coefficient (Wildman–Crippen LogP) is 19.3. The van der Waals surface area contributed by atoms with Crippen molar-refractivity contribution in [3.63, 3.8) is 0 Å². The van der Waals surface area contributed by atoms with E-state index in [1.54, 1.807) is 29.2 Å². The predicted molar refractivity (Wildman–Crippen MR) is 401 cm³/mol. The Labute approximate surface area is 584 Å². The first-order valence-electron chi connectivity index (χ1n) is 40.9. The van der Waals surface area contributed by atoms with Crippen LogP contribution < -0.4 is 57.0 Å². The van der Waals surface area contributed by atoms with E-state index < -0.39 is 127 Å². The molecule has 6 nitrogen and oxygen atoms in total. The van der Waals surface area contributed by atoms with Crippen LogP contribution in [0.2, 0.25) is 0 Å². The minimum Gasteiger partial charge on any atom is -0.459 e. The minimum absolute atomic E-state index is 0.0209. The molecule has 0 spiro atoms. The minimum atomic E-state index is -1.48. The van der Waals surface area contributed by atoms with Crippen molar-refractivity contribution in [1.29, 1.82) is 0 Å². The molecule has 20 rings (SSSR count). The molecule has 5 aliphatic heterocycles. The average Bonchev–Trinajstić information content (AvgIpc) is 0.736. The van der Waals surface area contributed by atoms with Gasteiger partial charge < -0.3 is 28.7 Å². The van der Waals surface area contributed by atoms with Gasteiger partial charge in [0.1, 0.15) is 23.0 Å². The first-order valence-corrected chi connectivity index (χ1v) is 31.9. The number of ether oxygens (including phenoxy) is 2. The molecule has 0 N–H and O–H groups in total. The molecule has 0 saturated carbocycles. The zero-order chi connectivity index (χ0) is 79.2. The van der Waals surface area contributed by atoms with Gasteiger partial charge in [-0.1, -0.05) is 251 Å². The second kappa shape index (κ2) is 20.8. The molecule has 0 unspecified atom stereocenters. The summed E-state index contributed by atoms with van der Waals surface area (Å²) in [5.41, 5.74) is 7.90. The van der Waals surface area contributed by atoms with E-state index in [1.807, 2.05) is 169 Å². The van der Waals surface area contributed by atoms with Gasteiger partial charge in [0.05, 0.1) is 47.1 Å². The first kappa shape index (κ1) is 39.5. The summed E-state index contributed by atoms with van der Waals surface area (Å²) in [6, 6.07) is 53.4. The zero-order valence-electron chi connectivity index (χ0n) is 69.8. The lowest BCUT2D eigenvalue weighted by atomic mass is 9.29. The maximum absolute atomic E-state index is 12.0. The molecule has 0 saturated heterocycles. The lowest BCUT2D eigenvalue weighted by molar-refractivity contribution is 0.466. The third-order valence-corrected chi connectivity index (χ3v) is 19.4. The lowest BCUT2D eigenvalue weighted by Crippen LogP contribution is -2.66. The number of rotatable bonds is 8. The van der Waals surface area contributed by atoms with Gasteiger partial charge in [-0.3, -0.25) is 0 Å². The van der Waals surface area contributed by atoms with Crippen molar-refractivity contribution in [3.05, 3.63) is 315 Å². The van der Waals surface area contributed by atoms with Crippen molar-refractivity contribution < 1.29 is 34.1 Å². The summed E-state index contributed by atoms with van der Waals surface area (Å²) in [6.07, 6.45) is 0. The smallest absolute Gasteiger partial charge is 0.266 e. The van der Waals surface area contributed by atoms with Crippen LogP contribution in [0, 0.1) is 0 Å². The molecule has 1 aromatic heterocycles. The molecule has 6 heterocycles. The van der Waals surface area contributed by atoms with E-state index in [-0.39, 0.29) is 101 Å². The second-order valence-electron chi connectivity index (χ2n) is 25.6. The first-order chi connectivity index (χ1) is 54.8. The highest BCUT2D eigenvalue weighted by Crippen LogP contribution is 2.57. The summed E-state index contributed by atoms with van der Waals surface area (Å²) >= 11 is 0. The van der Waals surface area contributed by atoms with Crippen molar-refractivity contribution in [1.82, 2.24) is 4.57 Å². The van der Waals surface area contributed by atoms with Crippen molar-refractivity contribution in [3.8, 4) is 73.2 Å². The topological polar surface area (TPSA) is 33.1 Å². The highest BCUT2D eigenvalue weighted by molar-refractivity contribution is 7.04. The van der Waals surface area contributed by atoms with Gasteiger partial charge in [0.2, 0.25) is 0 Å². The van der Waals surface area contributed by atoms with E-state index in [4.69, 9.17) is 12.2 Å². The molecular weight excluding hydrogens is 1170 g/mol. The van der Waals surface area contributed by atoms with Gasteiger partial charge in [-0.05, 0) is 139 Å². The molecule has 0 fully saturated rings. The fraction of sp³-hybridized carbons (Fsp3) is 0.0455. The number of para-hydroxylation sites is 5. The Morgan fingerprint density at radius 3 is 1.33 bits per heavy atom. The molecule has 5 aliphatic rings. The van der Waals surface area contributed by atoms with Gasteiger partial charge in [0.25, 0.3) is 13.4 Å². The van der Waals surface area contributed by atoms with Crippen LogP contribution in [0.25, 0.3) is 72.0 Å². The molecule has 0 bridgehead atoms. The monoisotopic (exact) mass is 1240 g/mol. The Bertz CT molecular complexity index is 6660. The van der Waals surface area contributed by atoms with Crippen LogP contribution in [0.1, 0.15) is 51.0 Å². The highest BCUT2D eigenvalue weighted by Gasteiger charge is 2.54. The van der Waals surface area contributed by atoms with Gasteiger partial charge in [-0.25, -0.2) is 0 Å². The largest absolute Gasteiger partial charge is 0.459 e. The van der Waals surface area contributed by atoms with Crippen LogP contribution >= 0.6 is 0 Å². The number of nitrogens with zero attached hydrogens (tertiary/aromatic N) is 4. The normalized spacial score (nSPS) is 16.1. The van der Waals surface area contributed by atoms with E-state index >= 15 is 0 Å². The Hall–Kier alpha value is -12.0. The zero-order valence-corrected chi connectivity index (χ0v) is 51.8. The van der Waals surface area contributed by atoms with Gasteiger partial charge in [0.15, 0.2) is 0 Å². The summed E-state index contributed by atoms with van der Waals surface area (Å²) in [4.78, 5) is 5.73. The molecule has 0 aliphatic carbocycles. The number of aromatic nitrogens is 1. The van der Waals surface area contributed by atoms with Crippen molar-refractivity contribution in [2.75, 3.05) is 14.7 Å². The van der Waals surface area contributed by atoms with Gasteiger partial charge in [-0.15, -0.1) is 0 Å². The fourth-order valence-corrected chi connectivity index (χ4v) is 15.3. The van der Waals surface area contributed by atoms with Crippen LogP contribution in [0.5, 0.6) is 23.0 Å². The Morgan fingerprint density at radius 2 is 0.802 bits per heavy atom. The van der Waals surface area contributed by atoms with Crippen LogP contribution in [0.3, 0.4) is 0 Å². The summed E-state index contributed by atoms with van der Waals surface area (Å²) < 4.78 is 197. The van der Waals surface area contributed by atoms with Crippen LogP contribution in [-0.2, 0) is 5.41 Å². The Morgan fingerprint density at radius 1 is 0.344 bits per heavy atom. The maximum Gasteiger partial charge on any atom is 0.266 e. The van der Waals surface area contributed by atoms with E-state index in [2.05, 4.69) is 37.8 Å². The Kier molecular flexibility index (Phi) is 8.55. The molecule has 0 radical (unpaired) electrons. The van der Waals surface area contributed by atoms with Crippen LogP contribution in [0.15, 0.2) is 309 Å². The molecule has 8 heteroatoms. The summed E-state index contributed by atoms with van der Waals surface area (Å²) in [5, 5.41) is -0.627. The van der Waals surface area contributed by atoms with Crippen molar-refractivity contribution in [2.24, 2.45) is 0 Å². The van der Waals surface area contributed by atoms with E-state index in [1.165, 1.54) is 0 Å². The van der Waals surface area contributed by atoms with Crippen LogP contribution in [-0.4, -0.2) is 18.0 Å². The number of hydrogen-bond donors (Lipinski definition) is 0. The third-order valence-electron chi connectivity index (χ3n) is 19.4. The lowest BCUT2D eigenvalue weighted by Gasteiger charge is -2.49. The van der Waals surface area contributed by atoms with Gasteiger partial charge in [0, 0.05) is 84.0 Å². The summed E-state index contributed by atoms with van der Waals surface area (Å²) in [6.45, 7) is 3.46. The van der Waals surface area contributed by atoms with E-state index in [0.717, 1.165) is 32.4 Å². The molecule has 14 aromatic carbocycles. The number of fused-ring (bicyclic) bond motifs is 8. The third kappa shape index (κ3) is 7.90. The van der Waals surface area contributed by atoms with E-state index in [0.29, 0.717) is 56.2 Å². The molecule has 15 aromatic rings. The standard InChI is InChI=1S/C88H60B2N4O2/c1-88(2,3)59-51-73-80-74(52-59)94(86-64(57-31-13-6-14-32-57)41-24-42-65(86)58-33-15-7-16-34-58)76-54-75-83-87(96-79-48-26-47-78-84(79)90(83)81-71(45-25-46-77(81)95-78)91(75)60-35-17-8-18-36-60)82(76)89(80)68-50-49-61(92-69-43-21-19-37-66(69)67-38-20-22-44-70(67)92)53-72(68)93(73)85-62(55-27-9-4-10-28-55)39-23-40-63(85)56-29-11-5-12-30-56/h4-54H,1-3H3/i19D,20D,21D,22D,25D,26D,37D,38D,43D,44D,45D,46D,47D,48D,49D,50D,53D,54D. The molecule has 450 valence electrons. The molecule has 0 amide bonds. The molecule has 96 heavy (non-hydrogen) atoms. The number of anilines is 9. The highest BCUT2D eigenvalue weighted by atomic mass is 16.5. The number of hydrogen-bond acceptors (Lipinski definition) is 5.